The number of carbonyl (C=O) groups excluding carboxylic acids is 3. The van der Waals surface area contributed by atoms with Gasteiger partial charge in [0.2, 0.25) is 11.8 Å². The topological polar surface area (TPSA) is 82.2 Å². The zero-order valence-electron chi connectivity index (χ0n) is 22.2. The quantitative estimate of drug-likeness (QED) is 0.395. The molecule has 8 nitrogen and oxygen atoms in total. The fourth-order valence-corrected chi connectivity index (χ4v) is 5.34. The Morgan fingerprint density at radius 3 is 2.39 bits per heavy atom. The normalized spacial score (nSPS) is 17.2. The lowest BCUT2D eigenvalue weighted by Crippen LogP contribution is -2.57. The minimum Gasteiger partial charge on any atom is -0.385 e. The molecule has 2 heterocycles. The van der Waals surface area contributed by atoms with Crippen LogP contribution in [-0.4, -0.2) is 79.6 Å². The molecule has 1 aromatic rings. The van der Waals surface area contributed by atoms with Gasteiger partial charge < -0.3 is 24.8 Å². The number of nitrogens with zero attached hydrogens (tertiary/aromatic N) is 3. The molecule has 3 amide bonds. The summed E-state index contributed by atoms with van der Waals surface area (Å²) in [5.74, 6) is 0.0295. The molecule has 2 saturated heterocycles. The molecule has 8 heteroatoms. The molecule has 0 radical (unpaired) electrons. The third-order valence-electron chi connectivity index (χ3n) is 7.45. The Balaban J connectivity index is 1.60. The lowest BCUT2D eigenvalue weighted by atomic mass is 9.85. The number of hydrogen-bond acceptors (Lipinski definition) is 5. The summed E-state index contributed by atoms with van der Waals surface area (Å²) in [5.41, 5.74) is 0.259. The van der Waals surface area contributed by atoms with Crippen molar-refractivity contribution in [2.75, 3.05) is 51.5 Å². The molecule has 1 spiro atoms. The molecule has 3 rings (SSSR count). The number of benzene rings is 1. The molecule has 0 atom stereocenters. The molecular formula is C28H44N4O4. The monoisotopic (exact) mass is 500 g/mol. The lowest BCUT2D eigenvalue weighted by Gasteiger charge is -2.43. The molecule has 0 bridgehead atoms. The third-order valence-corrected chi connectivity index (χ3v) is 7.45. The Kier molecular flexibility index (Phi) is 11.0. The fourth-order valence-electron chi connectivity index (χ4n) is 5.34. The highest BCUT2D eigenvalue weighted by atomic mass is 16.5. The fraction of sp³-hybridized carbons (Fsp3) is 0.679. The Labute approximate surface area is 216 Å². The zero-order valence-corrected chi connectivity index (χ0v) is 22.2. The van der Waals surface area contributed by atoms with Crippen LogP contribution in [0.15, 0.2) is 30.3 Å². The van der Waals surface area contributed by atoms with Gasteiger partial charge in [-0.25, -0.2) is 0 Å². The van der Waals surface area contributed by atoms with Gasteiger partial charge in [0.15, 0.2) is 0 Å². The molecule has 0 saturated carbocycles. The maximum absolute atomic E-state index is 13.7. The van der Waals surface area contributed by atoms with E-state index in [9.17, 15) is 14.4 Å². The van der Waals surface area contributed by atoms with Gasteiger partial charge in [-0.1, -0.05) is 57.2 Å². The van der Waals surface area contributed by atoms with Crippen molar-refractivity contribution < 1.29 is 19.1 Å². The summed E-state index contributed by atoms with van der Waals surface area (Å²) in [7, 11) is 1.63. The van der Waals surface area contributed by atoms with Crippen LogP contribution in [0.1, 0.15) is 71.1 Å². The summed E-state index contributed by atoms with van der Waals surface area (Å²) < 4.78 is 5.03. The first kappa shape index (κ1) is 28.0. The molecule has 0 unspecified atom stereocenters. The number of likely N-dealkylation sites (tertiary alicyclic amines) is 1. The van der Waals surface area contributed by atoms with Gasteiger partial charge in [-0.2, -0.15) is 0 Å². The molecular weight excluding hydrogens is 456 g/mol. The number of para-hydroxylation sites is 1. The van der Waals surface area contributed by atoms with Crippen molar-refractivity contribution in [2.24, 2.45) is 0 Å². The molecule has 0 aliphatic carbocycles. The van der Waals surface area contributed by atoms with E-state index in [1.807, 2.05) is 35.2 Å². The third kappa shape index (κ3) is 7.21. The Hall–Kier alpha value is -2.61. The molecule has 200 valence electrons. The highest BCUT2D eigenvalue weighted by molar-refractivity contribution is 5.96. The molecule has 36 heavy (non-hydrogen) atoms. The SMILES string of the molecule is CCCCCCCCC(=O)N1CCC2(CC1)C(=O)N(CC(=O)NCCCOC)CN2c1ccccc1. The lowest BCUT2D eigenvalue weighted by molar-refractivity contribution is -0.140. The van der Waals surface area contributed by atoms with Crippen molar-refractivity contribution in [3.05, 3.63) is 30.3 Å². The standard InChI is InChI=1S/C28H44N4O4/c1-3-4-5-6-7-11-15-26(34)30-19-16-28(17-20-30)27(35)31(22-25(33)29-18-12-21-36-2)23-32(28)24-13-9-8-10-14-24/h8-10,13-14H,3-7,11-12,15-23H2,1-2H3,(H,29,33). The minimum absolute atomic E-state index is 0.0126. The van der Waals surface area contributed by atoms with Gasteiger partial charge in [-0.15, -0.1) is 0 Å². The van der Waals surface area contributed by atoms with Gasteiger partial charge in [0.25, 0.3) is 5.91 Å². The van der Waals surface area contributed by atoms with Crippen LogP contribution in [-0.2, 0) is 19.1 Å². The number of nitrogens with one attached hydrogen (secondary N) is 1. The van der Waals surface area contributed by atoms with E-state index >= 15 is 0 Å². The van der Waals surface area contributed by atoms with Crippen molar-refractivity contribution in [3.63, 3.8) is 0 Å². The highest BCUT2D eigenvalue weighted by Crippen LogP contribution is 2.39. The van der Waals surface area contributed by atoms with E-state index < -0.39 is 5.54 Å². The van der Waals surface area contributed by atoms with E-state index in [0.717, 1.165) is 24.9 Å². The van der Waals surface area contributed by atoms with Crippen molar-refractivity contribution in [1.82, 2.24) is 15.1 Å². The summed E-state index contributed by atoms with van der Waals surface area (Å²) >= 11 is 0. The molecule has 2 aliphatic heterocycles. The number of anilines is 1. The van der Waals surface area contributed by atoms with Gasteiger partial charge >= 0.3 is 0 Å². The van der Waals surface area contributed by atoms with Gasteiger partial charge in [0.1, 0.15) is 12.1 Å². The Morgan fingerprint density at radius 2 is 1.69 bits per heavy atom. The van der Waals surface area contributed by atoms with Crippen LogP contribution in [0.4, 0.5) is 5.69 Å². The van der Waals surface area contributed by atoms with Crippen LogP contribution in [0.5, 0.6) is 0 Å². The zero-order chi connectivity index (χ0) is 25.8. The first-order chi connectivity index (χ1) is 17.5. The number of unbranched alkanes of at least 4 members (excludes halogenated alkanes) is 5. The van der Waals surface area contributed by atoms with Crippen molar-refractivity contribution in [3.8, 4) is 0 Å². The highest BCUT2D eigenvalue weighted by Gasteiger charge is 2.54. The smallest absolute Gasteiger partial charge is 0.250 e. The van der Waals surface area contributed by atoms with Gasteiger partial charge in [-0.05, 0) is 37.8 Å². The summed E-state index contributed by atoms with van der Waals surface area (Å²) in [4.78, 5) is 44.8. The van der Waals surface area contributed by atoms with Crippen LogP contribution >= 0.6 is 0 Å². The maximum Gasteiger partial charge on any atom is 0.250 e. The average molecular weight is 501 g/mol. The Bertz CT molecular complexity index is 839. The molecule has 2 aliphatic rings. The van der Waals surface area contributed by atoms with E-state index in [1.54, 1.807) is 12.0 Å². The summed E-state index contributed by atoms with van der Waals surface area (Å²) in [6.07, 6.45) is 9.45. The average Bonchev–Trinajstić information content (AvgIpc) is 3.15. The molecule has 1 aromatic carbocycles. The predicted octanol–water partition coefficient (Wildman–Crippen LogP) is 3.56. The van der Waals surface area contributed by atoms with E-state index in [4.69, 9.17) is 4.74 Å². The predicted molar refractivity (Wildman–Crippen MR) is 142 cm³/mol. The molecule has 2 fully saturated rings. The van der Waals surface area contributed by atoms with Crippen LogP contribution in [0.25, 0.3) is 0 Å². The van der Waals surface area contributed by atoms with E-state index in [0.29, 0.717) is 52.2 Å². The number of piperidine rings is 1. The number of rotatable bonds is 14. The first-order valence-corrected chi connectivity index (χ1v) is 13.7. The van der Waals surface area contributed by atoms with Crippen LogP contribution in [0, 0.1) is 0 Å². The van der Waals surface area contributed by atoms with Crippen molar-refractivity contribution in [1.29, 1.82) is 0 Å². The number of amides is 3. The largest absolute Gasteiger partial charge is 0.385 e. The van der Waals surface area contributed by atoms with Crippen molar-refractivity contribution in [2.45, 2.75) is 76.7 Å². The number of ether oxygens (including phenoxy) is 1. The van der Waals surface area contributed by atoms with Gasteiger partial charge in [0, 0.05) is 45.5 Å². The summed E-state index contributed by atoms with van der Waals surface area (Å²) in [6.45, 7) is 4.87. The van der Waals surface area contributed by atoms with Gasteiger partial charge in [0.05, 0.1) is 6.67 Å². The second kappa shape index (κ2) is 14.2. The van der Waals surface area contributed by atoms with E-state index in [2.05, 4.69) is 17.1 Å². The first-order valence-electron chi connectivity index (χ1n) is 13.7. The van der Waals surface area contributed by atoms with Crippen molar-refractivity contribution >= 4 is 23.4 Å². The van der Waals surface area contributed by atoms with Crippen LogP contribution in [0.2, 0.25) is 0 Å². The second-order valence-corrected chi connectivity index (χ2v) is 10.0. The molecule has 0 aromatic heterocycles. The van der Waals surface area contributed by atoms with E-state index in [-0.39, 0.29) is 24.3 Å². The second-order valence-electron chi connectivity index (χ2n) is 10.0. The van der Waals surface area contributed by atoms with E-state index in [1.165, 1.54) is 25.7 Å². The number of methoxy groups -OCH3 is 1. The number of hydrogen-bond donors (Lipinski definition) is 1. The summed E-state index contributed by atoms with van der Waals surface area (Å²) in [6, 6.07) is 9.93. The van der Waals surface area contributed by atoms with Crippen LogP contribution < -0.4 is 10.2 Å². The summed E-state index contributed by atoms with van der Waals surface area (Å²) in [5, 5.41) is 2.88. The minimum atomic E-state index is -0.714. The number of carbonyl (C=O) groups is 3. The maximum atomic E-state index is 13.7. The van der Waals surface area contributed by atoms with Gasteiger partial charge in [-0.3, -0.25) is 14.4 Å². The Morgan fingerprint density at radius 1 is 1.00 bits per heavy atom. The molecule has 1 N–H and O–H groups in total. The van der Waals surface area contributed by atoms with Crippen LogP contribution in [0.3, 0.4) is 0 Å².